The largest absolute Gasteiger partial charge is 0.493 e. The maximum absolute atomic E-state index is 12.6. The highest BCUT2D eigenvalue weighted by molar-refractivity contribution is 6.14. The van der Waals surface area contributed by atoms with Crippen molar-refractivity contribution in [3.05, 3.63) is 47.2 Å². The Morgan fingerprint density at radius 2 is 1.74 bits per heavy atom. The molecule has 0 saturated carbocycles. The summed E-state index contributed by atoms with van der Waals surface area (Å²) in [5.41, 5.74) is 0.975. The minimum absolute atomic E-state index is 0.121. The zero-order valence-corrected chi connectivity index (χ0v) is 15.3. The van der Waals surface area contributed by atoms with E-state index >= 15 is 0 Å². The maximum Gasteiger partial charge on any atom is 0.308 e. The number of benzene rings is 2. The first-order chi connectivity index (χ1) is 13.0. The summed E-state index contributed by atoms with van der Waals surface area (Å²) in [6.45, 7) is 1.30. The number of rotatable bonds is 5. The van der Waals surface area contributed by atoms with E-state index in [0.717, 1.165) is 0 Å². The second kappa shape index (κ2) is 7.41. The lowest BCUT2D eigenvalue weighted by Gasteiger charge is -2.14. The van der Waals surface area contributed by atoms with Gasteiger partial charge >= 0.3 is 5.97 Å². The van der Waals surface area contributed by atoms with Crippen LogP contribution in [0.2, 0.25) is 0 Å². The highest BCUT2D eigenvalue weighted by Gasteiger charge is 2.28. The maximum atomic E-state index is 12.6. The highest BCUT2D eigenvalue weighted by Crippen LogP contribution is 2.42. The third-order valence-corrected chi connectivity index (χ3v) is 3.92. The Bertz CT molecular complexity index is 944. The molecule has 1 aliphatic rings. The van der Waals surface area contributed by atoms with Crippen LogP contribution in [0.1, 0.15) is 22.8 Å². The fourth-order valence-corrected chi connectivity index (χ4v) is 2.78. The van der Waals surface area contributed by atoms with E-state index in [4.69, 9.17) is 23.7 Å². The Hall–Kier alpha value is -3.48. The lowest BCUT2D eigenvalue weighted by molar-refractivity contribution is -0.131. The molecule has 7 heteroatoms. The van der Waals surface area contributed by atoms with Crippen molar-refractivity contribution >= 4 is 17.8 Å². The first kappa shape index (κ1) is 18.3. The smallest absolute Gasteiger partial charge is 0.308 e. The number of esters is 1. The Labute approximate surface area is 156 Å². The van der Waals surface area contributed by atoms with Crippen LogP contribution in [0.5, 0.6) is 28.7 Å². The van der Waals surface area contributed by atoms with E-state index in [1.807, 2.05) is 0 Å². The molecule has 0 bridgehead atoms. The predicted octanol–water partition coefficient (Wildman–Crippen LogP) is 3.25. The van der Waals surface area contributed by atoms with E-state index < -0.39 is 5.97 Å². The van der Waals surface area contributed by atoms with Crippen molar-refractivity contribution < 1.29 is 33.3 Å². The van der Waals surface area contributed by atoms with E-state index in [0.29, 0.717) is 39.9 Å². The van der Waals surface area contributed by atoms with Gasteiger partial charge in [0.1, 0.15) is 11.5 Å². The molecule has 27 heavy (non-hydrogen) atoms. The van der Waals surface area contributed by atoms with Crippen LogP contribution in [-0.2, 0) is 4.79 Å². The minimum atomic E-state index is -0.454. The molecule has 3 rings (SSSR count). The predicted molar refractivity (Wildman–Crippen MR) is 96.8 cm³/mol. The summed E-state index contributed by atoms with van der Waals surface area (Å²) in [5, 5.41) is 0. The van der Waals surface area contributed by atoms with Crippen molar-refractivity contribution in [2.75, 3.05) is 21.3 Å². The Kier molecular flexibility index (Phi) is 5.03. The molecule has 0 atom stereocenters. The third-order valence-electron chi connectivity index (χ3n) is 3.92. The first-order valence-electron chi connectivity index (χ1n) is 8.04. The van der Waals surface area contributed by atoms with E-state index in [2.05, 4.69) is 0 Å². The number of methoxy groups -OCH3 is 3. The van der Waals surface area contributed by atoms with Crippen molar-refractivity contribution in [2.24, 2.45) is 0 Å². The standard InChI is InChI=1S/C20H18O7/c1-11(21)26-13-6-7-14-16(10-13)27-17(18(14)22)9-12-5-8-15(23-2)20(25-4)19(12)24-3/h5-10H,1-4H3. The molecule has 0 N–H and O–H groups in total. The molecule has 140 valence electrons. The van der Waals surface area contributed by atoms with Crippen LogP contribution >= 0.6 is 0 Å². The monoisotopic (exact) mass is 370 g/mol. The Morgan fingerprint density at radius 3 is 2.37 bits per heavy atom. The van der Waals surface area contributed by atoms with Gasteiger partial charge in [0.25, 0.3) is 0 Å². The van der Waals surface area contributed by atoms with E-state index in [-0.39, 0.29) is 11.5 Å². The van der Waals surface area contributed by atoms with Gasteiger partial charge in [-0.2, -0.15) is 0 Å². The molecule has 0 aromatic heterocycles. The van der Waals surface area contributed by atoms with E-state index in [1.165, 1.54) is 34.3 Å². The van der Waals surface area contributed by atoms with Gasteiger partial charge in [-0.1, -0.05) is 0 Å². The Morgan fingerprint density at radius 1 is 1.00 bits per heavy atom. The second-order valence-electron chi connectivity index (χ2n) is 5.61. The van der Waals surface area contributed by atoms with Gasteiger partial charge in [-0.3, -0.25) is 9.59 Å². The fraction of sp³-hybridized carbons (Fsp3) is 0.200. The van der Waals surface area contributed by atoms with Gasteiger partial charge in [-0.05, 0) is 30.3 Å². The molecule has 0 aliphatic carbocycles. The summed E-state index contributed by atoms with van der Waals surface area (Å²) in [4.78, 5) is 23.7. The fourth-order valence-electron chi connectivity index (χ4n) is 2.78. The normalized spacial score (nSPS) is 13.8. The van der Waals surface area contributed by atoms with Crippen LogP contribution in [0.25, 0.3) is 6.08 Å². The minimum Gasteiger partial charge on any atom is -0.493 e. The van der Waals surface area contributed by atoms with Gasteiger partial charge in [0.2, 0.25) is 11.5 Å². The van der Waals surface area contributed by atoms with E-state index in [9.17, 15) is 9.59 Å². The van der Waals surface area contributed by atoms with Crippen LogP contribution in [-0.4, -0.2) is 33.1 Å². The average molecular weight is 370 g/mol. The zero-order valence-electron chi connectivity index (χ0n) is 15.3. The first-order valence-corrected chi connectivity index (χ1v) is 8.04. The van der Waals surface area contributed by atoms with Crippen LogP contribution in [0, 0.1) is 0 Å². The molecule has 1 heterocycles. The molecule has 0 unspecified atom stereocenters. The van der Waals surface area contributed by atoms with Gasteiger partial charge in [-0.15, -0.1) is 0 Å². The quantitative estimate of drug-likeness (QED) is 0.454. The topological polar surface area (TPSA) is 80.3 Å². The molecule has 2 aromatic rings. The number of allylic oxidation sites excluding steroid dienone is 1. The number of Topliss-reactive ketones (excluding diaryl/α,β-unsaturated/α-hetero) is 1. The van der Waals surface area contributed by atoms with Gasteiger partial charge in [0.05, 0.1) is 26.9 Å². The molecular weight excluding hydrogens is 352 g/mol. The van der Waals surface area contributed by atoms with Crippen LogP contribution in [0.4, 0.5) is 0 Å². The summed E-state index contributed by atoms with van der Waals surface area (Å²) >= 11 is 0. The van der Waals surface area contributed by atoms with Crippen molar-refractivity contribution in [2.45, 2.75) is 6.92 Å². The number of hydrogen-bond donors (Lipinski definition) is 0. The van der Waals surface area contributed by atoms with Crippen molar-refractivity contribution in [3.8, 4) is 28.7 Å². The molecule has 0 amide bonds. The number of carbonyl (C=O) groups excluding carboxylic acids is 2. The van der Waals surface area contributed by atoms with Crippen molar-refractivity contribution in [1.82, 2.24) is 0 Å². The number of ketones is 1. The lowest BCUT2D eigenvalue weighted by atomic mass is 10.1. The van der Waals surface area contributed by atoms with Crippen LogP contribution in [0.3, 0.4) is 0 Å². The molecule has 0 fully saturated rings. The summed E-state index contributed by atoms with van der Waals surface area (Å²) < 4.78 is 26.7. The summed E-state index contributed by atoms with van der Waals surface area (Å²) in [7, 11) is 4.52. The highest BCUT2D eigenvalue weighted by atomic mass is 16.5. The summed E-state index contributed by atoms with van der Waals surface area (Å²) in [5.74, 6) is 1.34. The second-order valence-corrected chi connectivity index (χ2v) is 5.61. The SMILES string of the molecule is COc1ccc(C=C2Oc3cc(OC(C)=O)ccc3C2=O)c(OC)c1OC. The van der Waals surface area contributed by atoms with Crippen molar-refractivity contribution in [1.29, 1.82) is 0 Å². The molecule has 0 spiro atoms. The number of hydrogen-bond acceptors (Lipinski definition) is 7. The Balaban J connectivity index is 1.99. The van der Waals surface area contributed by atoms with Crippen LogP contribution in [0.15, 0.2) is 36.1 Å². The molecule has 7 nitrogen and oxygen atoms in total. The molecule has 0 saturated heterocycles. The van der Waals surface area contributed by atoms with Gasteiger partial charge in [0, 0.05) is 18.6 Å². The molecule has 2 aromatic carbocycles. The summed E-state index contributed by atoms with van der Waals surface area (Å²) in [6.07, 6.45) is 1.56. The number of fused-ring (bicyclic) bond motifs is 1. The van der Waals surface area contributed by atoms with Crippen LogP contribution < -0.4 is 23.7 Å². The molecule has 0 radical (unpaired) electrons. The van der Waals surface area contributed by atoms with Crippen molar-refractivity contribution in [3.63, 3.8) is 0 Å². The van der Waals surface area contributed by atoms with Gasteiger partial charge < -0.3 is 23.7 Å². The van der Waals surface area contributed by atoms with E-state index in [1.54, 1.807) is 30.3 Å². The molecule has 1 aliphatic heterocycles. The van der Waals surface area contributed by atoms with Gasteiger partial charge in [-0.25, -0.2) is 0 Å². The van der Waals surface area contributed by atoms with Gasteiger partial charge in [0.15, 0.2) is 17.3 Å². The third kappa shape index (κ3) is 3.44. The lowest BCUT2D eigenvalue weighted by Crippen LogP contribution is -2.01. The zero-order chi connectivity index (χ0) is 19.6. The number of carbonyl (C=O) groups is 2. The number of ether oxygens (including phenoxy) is 5. The summed E-state index contributed by atoms with van der Waals surface area (Å²) in [6, 6.07) is 8.04. The molecular formula is C20H18O7. The average Bonchev–Trinajstić information content (AvgIpc) is 2.95.